The Morgan fingerprint density at radius 2 is 2.14 bits per heavy atom. The normalized spacial score (nSPS) is 15.9. The van der Waals surface area contributed by atoms with Crippen LogP contribution < -0.4 is 10.5 Å². The van der Waals surface area contributed by atoms with Gasteiger partial charge < -0.3 is 10.9 Å². The van der Waals surface area contributed by atoms with Gasteiger partial charge in [0.2, 0.25) is 0 Å². The van der Waals surface area contributed by atoms with Crippen LogP contribution in [0.4, 0.5) is 0 Å². The Kier molecular flexibility index (Phi) is 4.81. The van der Waals surface area contributed by atoms with Crippen molar-refractivity contribution in [1.82, 2.24) is 9.03 Å². The average Bonchev–Trinajstić information content (AvgIpc) is 2.02. The van der Waals surface area contributed by atoms with Gasteiger partial charge in [-0.2, -0.15) is 17.4 Å². The molecule has 0 aliphatic carbocycles. The summed E-state index contributed by atoms with van der Waals surface area (Å²) in [5.74, 6) is -0.0149. The van der Waals surface area contributed by atoms with Gasteiger partial charge in [0.25, 0.3) is 10.2 Å². The molecule has 1 unspecified atom stereocenters. The van der Waals surface area contributed by atoms with Gasteiger partial charge in [-0.15, -0.1) is 0 Å². The summed E-state index contributed by atoms with van der Waals surface area (Å²) in [6.07, 6.45) is 0.156. The van der Waals surface area contributed by atoms with Crippen molar-refractivity contribution in [1.29, 1.82) is 0 Å². The van der Waals surface area contributed by atoms with Crippen LogP contribution in [0.1, 0.15) is 13.3 Å². The maximum atomic E-state index is 11.3. The van der Waals surface area contributed by atoms with E-state index in [0.29, 0.717) is 0 Å². The van der Waals surface area contributed by atoms with E-state index in [4.69, 9.17) is 10.9 Å². The molecule has 0 saturated heterocycles. The van der Waals surface area contributed by atoms with Crippen molar-refractivity contribution in [3.05, 3.63) is 0 Å². The highest BCUT2D eigenvalue weighted by atomic mass is 32.2. The lowest BCUT2D eigenvalue weighted by atomic mass is 10.2. The third kappa shape index (κ3) is 4.40. The molecule has 0 aromatic heterocycles. The van der Waals surface area contributed by atoms with E-state index in [2.05, 4.69) is 9.88 Å². The lowest BCUT2D eigenvalue weighted by Crippen LogP contribution is -2.42. The number of hydrogen-bond donors (Lipinski definition) is 3. The second kappa shape index (κ2) is 5.13. The van der Waals surface area contributed by atoms with E-state index < -0.39 is 16.3 Å². The summed E-state index contributed by atoms with van der Waals surface area (Å²) >= 11 is 0. The zero-order valence-electron chi connectivity index (χ0n) is 8.43. The van der Waals surface area contributed by atoms with E-state index in [1.807, 2.05) is 0 Å². The van der Waals surface area contributed by atoms with Gasteiger partial charge in [-0.1, -0.05) is 5.16 Å². The van der Waals surface area contributed by atoms with Crippen molar-refractivity contribution in [3.8, 4) is 0 Å². The number of nitrogens with two attached hydrogens (primary N) is 1. The fourth-order valence-corrected chi connectivity index (χ4v) is 1.56. The van der Waals surface area contributed by atoms with Crippen LogP contribution in [0.25, 0.3) is 0 Å². The number of amidine groups is 1. The van der Waals surface area contributed by atoms with Crippen molar-refractivity contribution >= 4 is 16.0 Å². The monoisotopic (exact) mass is 224 g/mol. The molecule has 0 aliphatic rings. The lowest BCUT2D eigenvalue weighted by Gasteiger charge is -2.17. The second-order valence-corrected chi connectivity index (χ2v) is 5.02. The molecule has 0 fully saturated rings. The van der Waals surface area contributed by atoms with E-state index in [0.717, 1.165) is 4.31 Å². The first-order valence-corrected chi connectivity index (χ1v) is 5.39. The summed E-state index contributed by atoms with van der Waals surface area (Å²) in [6, 6.07) is -0.418. The minimum atomic E-state index is -3.46. The molecule has 0 spiro atoms. The number of nitrogens with one attached hydrogen (secondary N) is 1. The third-order valence-corrected chi connectivity index (χ3v) is 3.14. The summed E-state index contributed by atoms with van der Waals surface area (Å²) in [4.78, 5) is 0. The Morgan fingerprint density at radius 1 is 1.64 bits per heavy atom. The summed E-state index contributed by atoms with van der Waals surface area (Å²) in [5.41, 5.74) is 5.22. The predicted octanol–water partition coefficient (Wildman–Crippen LogP) is -1.09. The highest BCUT2D eigenvalue weighted by Gasteiger charge is 2.17. The number of nitrogens with zero attached hydrogens (tertiary/aromatic N) is 2. The molecular formula is C6H16N4O3S. The number of hydrogen-bond acceptors (Lipinski definition) is 4. The molecule has 0 amide bonds. The molecule has 1 atom stereocenters. The minimum Gasteiger partial charge on any atom is -0.409 e. The molecule has 0 aromatic rings. The molecule has 84 valence electrons. The smallest absolute Gasteiger partial charge is 0.279 e. The van der Waals surface area contributed by atoms with Crippen molar-refractivity contribution in [2.75, 3.05) is 14.1 Å². The molecule has 0 aromatic carbocycles. The molecule has 0 bridgehead atoms. The molecule has 0 aliphatic heterocycles. The van der Waals surface area contributed by atoms with Gasteiger partial charge in [0, 0.05) is 26.6 Å². The maximum absolute atomic E-state index is 11.3. The van der Waals surface area contributed by atoms with Crippen molar-refractivity contribution in [2.45, 2.75) is 19.4 Å². The molecule has 0 heterocycles. The van der Waals surface area contributed by atoms with Gasteiger partial charge in [0.1, 0.15) is 5.84 Å². The van der Waals surface area contributed by atoms with Crippen LogP contribution in [0, 0.1) is 0 Å². The molecule has 7 nitrogen and oxygen atoms in total. The Labute approximate surface area is 83.8 Å². The van der Waals surface area contributed by atoms with Crippen molar-refractivity contribution in [3.63, 3.8) is 0 Å². The predicted molar refractivity (Wildman–Crippen MR) is 53.2 cm³/mol. The Hall–Kier alpha value is -0.860. The van der Waals surface area contributed by atoms with Gasteiger partial charge in [-0.05, 0) is 6.92 Å². The second-order valence-electron chi connectivity index (χ2n) is 3.10. The topological polar surface area (TPSA) is 108 Å². The highest BCUT2D eigenvalue weighted by molar-refractivity contribution is 7.87. The third-order valence-electron chi connectivity index (χ3n) is 1.47. The SMILES string of the molecule is CC(CC(N)=NO)NS(=O)(=O)N(C)C. The molecular weight excluding hydrogens is 208 g/mol. The van der Waals surface area contributed by atoms with Crippen LogP contribution in [0.3, 0.4) is 0 Å². The molecule has 0 saturated carbocycles. The molecule has 0 radical (unpaired) electrons. The van der Waals surface area contributed by atoms with Crippen molar-refractivity contribution in [2.24, 2.45) is 10.9 Å². The van der Waals surface area contributed by atoms with E-state index in [-0.39, 0.29) is 12.3 Å². The van der Waals surface area contributed by atoms with Crippen molar-refractivity contribution < 1.29 is 13.6 Å². The van der Waals surface area contributed by atoms with E-state index >= 15 is 0 Å². The van der Waals surface area contributed by atoms with Gasteiger partial charge in [-0.3, -0.25) is 0 Å². The van der Waals surface area contributed by atoms with E-state index in [1.165, 1.54) is 14.1 Å². The molecule has 0 rings (SSSR count). The standard InChI is InChI=1S/C6H16N4O3S/c1-5(4-6(7)8-11)9-14(12,13)10(2)3/h5,9,11H,4H2,1-3H3,(H2,7,8). The van der Waals surface area contributed by atoms with E-state index in [1.54, 1.807) is 6.92 Å². The molecule has 4 N–H and O–H groups in total. The summed E-state index contributed by atoms with van der Waals surface area (Å²) in [7, 11) is -0.630. The summed E-state index contributed by atoms with van der Waals surface area (Å²) < 4.78 is 26.0. The number of oxime groups is 1. The van der Waals surface area contributed by atoms with Crippen LogP contribution in [0.5, 0.6) is 0 Å². The van der Waals surface area contributed by atoms with Crippen LogP contribution in [-0.4, -0.2) is 43.9 Å². The van der Waals surface area contributed by atoms with Gasteiger partial charge in [-0.25, -0.2) is 0 Å². The zero-order chi connectivity index (χ0) is 11.4. The largest absolute Gasteiger partial charge is 0.409 e. The number of rotatable bonds is 5. The van der Waals surface area contributed by atoms with Gasteiger partial charge >= 0.3 is 0 Å². The lowest BCUT2D eigenvalue weighted by molar-refractivity contribution is 0.316. The summed E-state index contributed by atoms with van der Waals surface area (Å²) in [5, 5.41) is 11.0. The quantitative estimate of drug-likeness (QED) is 0.238. The Balaban J connectivity index is 4.27. The first kappa shape index (κ1) is 13.1. The Morgan fingerprint density at radius 3 is 2.50 bits per heavy atom. The molecule has 14 heavy (non-hydrogen) atoms. The summed E-state index contributed by atoms with van der Waals surface area (Å²) in [6.45, 7) is 1.62. The average molecular weight is 224 g/mol. The zero-order valence-corrected chi connectivity index (χ0v) is 9.24. The first-order valence-electron chi connectivity index (χ1n) is 3.95. The first-order chi connectivity index (χ1) is 6.29. The van der Waals surface area contributed by atoms with Crippen LogP contribution in [0.15, 0.2) is 5.16 Å². The fourth-order valence-electron chi connectivity index (χ4n) is 0.756. The van der Waals surface area contributed by atoms with Gasteiger partial charge in [0.05, 0.1) is 0 Å². The highest BCUT2D eigenvalue weighted by Crippen LogP contribution is 1.96. The van der Waals surface area contributed by atoms with Crippen LogP contribution in [0.2, 0.25) is 0 Å². The minimum absolute atomic E-state index is 0.0149. The fraction of sp³-hybridized carbons (Fsp3) is 0.833. The van der Waals surface area contributed by atoms with Crippen LogP contribution >= 0.6 is 0 Å². The Bertz CT molecular complexity index is 298. The maximum Gasteiger partial charge on any atom is 0.279 e. The van der Waals surface area contributed by atoms with Gasteiger partial charge in [0.15, 0.2) is 0 Å². The molecule has 8 heteroatoms. The van der Waals surface area contributed by atoms with Crippen LogP contribution in [-0.2, 0) is 10.2 Å². The van der Waals surface area contributed by atoms with E-state index in [9.17, 15) is 8.42 Å².